The quantitative estimate of drug-likeness (QED) is 0.855. The molecule has 2 fully saturated rings. The zero-order valence-electron chi connectivity index (χ0n) is 10.4. The highest BCUT2D eigenvalue weighted by Crippen LogP contribution is 2.22. The molecule has 2 aliphatic rings. The SMILES string of the molecule is CC1CCN(c2cncc(CNC3CC3)n2)C1. The first-order valence-electron chi connectivity index (χ1n) is 6.60. The lowest BCUT2D eigenvalue weighted by Crippen LogP contribution is -2.22. The number of anilines is 1. The Morgan fingerprint density at radius 2 is 2.24 bits per heavy atom. The molecule has 0 amide bonds. The largest absolute Gasteiger partial charge is 0.355 e. The molecular formula is C13H20N4. The molecule has 4 heteroatoms. The van der Waals surface area contributed by atoms with Crippen LogP contribution in [0.3, 0.4) is 0 Å². The molecule has 1 N–H and O–H groups in total. The van der Waals surface area contributed by atoms with Crippen LogP contribution < -0.4 is 10.2 Å². The summed E-state index contributed by atoms with van der Waals surface area (Å²) in [5, 5.41) is 3.48. The average Bonchev–Trinajstić information content (AvgIpc) is 3.08. The number of nitrogens with one attached hydrogen (secondary N) is 1. The zero-order chi connectivity index (χ0) is 11.7. The van der Waals surface area contributed by atoms with Crippen molar-refractivity contribution in [2.45, 2.75) is 38.8 Å². The summed E-state index contributed by atoms with van der Waals surface area (Å²) in [5.41, 5.74) is 1.06. The summed E-state index contributed by atoms with van der Waals surface area (Å²) in [5.74, 6) is 1.83. The Hall–Kier alpha value is -1.16. The lowest BCUT2D eigenvalue weighted by atomic mass is 10.2. The maximum absolute atomic E-state index is 4.69. The van der Waals surface area contributed by atoms with Crippen LogP contribution in [0.2, 0.25) is 0 Å². The Balaban J connectivity index is 1.65. The van der Waals surface area contributed by atoms with E-state index in [2.05, 4.69) is 27.1 Å². The topological polar surface area (TPSA) is 41.1 Å². The summed E-state index contributed by atoms with van der Waals surface area (Å²) in [7, 11) is 0. The third-order valence-corrected chi connectivity index (χ3v) is 3.57. The van der Waals surface area contributed by atoms with E-state index in [0.29, 0.717) is 0 Å². The van der Waals surface area contributed by atoms with Gasteiger partial charge in [-0.3, -0.25) is 4.98 Å². The van der Waals surface area contributed by atoms with Gasteiger partial charge in [0.2, 0.25) is 0 Å². The van der Waals surface area contributed by atoms with Crippen molar-refractivity contribution in [3.8, 4) is 0 Å². The fourth-order valence-electron chi connectivity index (χ4n) is 2.31. The smallest absolute Gasteiger partial charge is 0.147 e. The molecule has 2 heterocycles. The Morgan fingerprint density at radius 1 is 1.35 bits per heavy atom. The van der Waals surface area contributed by atoms with Crippen molar-refractivity contribution in [3.63, 3.8) is 0 Å². The number of rotatable bonds is 4. The van der Waals surface area contributed by atoms with Gasteiger partial charge >= 0.3 is 0 Å². The second kappa shape index (κ2) is 4.61. The standard InChI is InChI=1S/C13H20N4/c1-10-4-5-17(9-10)13-8-14-6-12(16-13)7-15-11-2-3-11/h6,8,10-11,15H,2-5,7,9H2,1H3. The summed E-state index contributed by atoms with van der Waals surface area (Å²) in [6.45, 7) is 5.39. The molecule has 4 nitrogen and oxygen atoms in total. The van der Waals surface area contributed by atoms with Crippen LogP contribution in [-0.4, -0.2) is 29.1 Å². The van der Waals surface area contributed by atoms with E-state index in [4.69, 9.17) is 0 Å². The van der Waals surface area contributed by atoms with Gasteiger partial charge in [0, 0.05) is 31.9 Å². The van der Waals surface area contributed by atoms with Crippen LogP contribution in [0.4, 0.5) is 5.82 Å². The van der Waals surface area contributed by atoms with Gasteiger partial charge in [-0.2, -0.15) is 0 Å². The highest BCUT2D eigenvalue weighted by Gasteiger charge is 2.22. The van der Waals surface area contributed by atoms with Crippen molar-refractivity contribution in [1.82, 2.24) is 15.3 Å². The van der Waals surface area contributed by atoms with E-state index in [-0.39, 0.29) is 0 Å². The lowest BCUT2D eigenvalue weighted by Gasteiger charge is -2.17. The van der Waals surface area contributed by atoms with Gasteiger partial charge in [-0.1, -0.05) is 6.92 Å². The molecule has 0 radical (unpaired) electrons. The van der Waals surface area contributed by atoms with Crippen LogP contribution >= 0.6 is 0 Å². The molecular weight excluding hydrogens is 212 g/mol. The first kappa shape index (κ1) is 11.0. The summed E-state index contributed by atoms with van der Waals surface area (Å²) in [6, 6.07) is 0.729. The lowest BCUT2D eigenvalue weighted by molar-refractivity contribution is 0.656. The Labute approximate surface area is 102 Å². The van der Waals surface area contributed by atoms with E-state index in [0.717, 1.165) is 43.1 Å². The minimum absolute atomic E-state index is 0.729. The molecule has 92 valence electrons. The average molecular weight is 232 g/mol. The van der Waals surface area contributed by atoms with Crippen LogP contribution in [0, 0.1) is 5.92 Å². The van der Waals surface area contributed by atoms with Gasteiger partial charge in [-0.25, -0.2) is 4.98 Å². The molecule has 1 aliphatic heterocycles. The third kappa shape index (κ3) is 2.75. The van der Waals surface area contributed by atoms with Gasteiger partial charge in [0.1, 0.15) is 5.82 Å². The maximum atomic E-state index is 4.69. The van der Waals surface area contributed by atoms with Crippen LogP contribution in [0.15, 0.2) is 12.4 Å². The van der Waals surface area contributed by atoms with Gasteiger partial charge in [0.25, 0.3) is 0 Å². The molecule has 1 aromatic rings. The molecule has 1 unspecified atom stereocenters. The van der Waals surface area contributed by atoms with Crippen molar-refractivity contribution in [2.24, 2.45) is 5.92 Å². The minimum atomic E-state index is 0.729. The first-order chi connectivity index (χ1) is 8.31. The van der Waals surface area contributed by atoms with E-state index in [1.54, 1.807) is 0 Å². The fraction of sp³-hybridized carbons (Fsp3) is 0.692. The predicted molar refractivity (Wildman–Crippen MR) is 67.9 cm³/mol. The summed E-state index contributed by atoms with van der Waals surface area (Å²) in [6.07, 6.45) is 7.66. The van der Waals surface area contributed by atoms with Gasteiger partial charge in [-0.15, -0.1) is 0 Å². The fourth-order valence-corrected chi connectivity index (χ4v) is 2.31. The van der Waals surface area contributed by atoms with E-state index in [9.17, 15) is 0 Å². The summed E-state index contributed by atoms with van der Waals surface area (Å²) < 4.78 is 0. The molecule has 1 saturated heterocycles. The predicted octanol–water partition coefficient (Wildman–Crippen LogP) is 1.57. The maximum Gasteiger partial charge on any atom is 0.147 e. The number of hydrogen-bond donors (Lipinski definition) is 1. The molecule has 0 spiro atoms. The molecule has 1 atom stereocenters. The monoisotopic (exact) mass is 232 g/mol. The zero-order valence-corrected chi connectivity index (χ0v) is 10.4. The Morgan fingerprint density at radius 3 is 2.94 bits per heavy atom. The van der Waals surface area contributed by atoms with Gasteiger partial charge < -0.3 is 10.2 Å². The molecule has 0 aromatic carbocycles. The van der Waals surface area contributed by atoms with Crippen molar-refractivity contribution < 1.29 is 0 Å². The van der Waals surface area contributed by atoms with Gasteiger partial charge in [0.15, 0.2) is 0 Å². The van der Waals surface area contributed by atoms with E-state index < -0.39 is 0 Å². The van der Waals surface area contributed by atoms with Crippen LogP contribution in [-0.2, 0) is 6.54 Å². The summed E-state index contributed by atoms with van der Waals surface area (Å²) >= 11 is 0. The van der Waals surface area contributed by atoms with Crippen molar-refractivity contribution in [2.75, 3.05) is 18.0 Å². The highest BCUT2D eigenvalue weighted by molar-refractivity contribution is 5.37. The number of nitrogens with zero attached hydrogens (tertiary/aromatic N) is 3. The third-order valence-electron chi connectivity index (χ3n) is 3.57. The minimum Gasteiger partial charge on any atom is -0.355 e. The van der Waals surface area contributed by atoms with Crippen LogP contribution in [0.25, 0.3) is 0 Å². The van der Waals surface area contributed by atoms with Crippen molar-refractivity contribution in [1.29, 1.82) is 0 Å². The van der Waals surface area contributed by atoms with Crippen LogP contribution in [0.5, 0.6) is 0 Å². The van der Waals surface area contributed by atoms with E-state index in [1.165, 1.54) is 19.3 Å². The molecule has 1 saturated carbocycles. The van der Waals surface area contributed by atoms with E-state index in [1.807, 2.05) is 12.4 Å². The molecule has 17 heavy (non-hydrogen) atoms. The van der Waals surface area contributed by atoms with Gasteiger partial charge in [0.05, 0.1) is 11.9 Å². The number of hydrogen-bond acceptors (Lipinski definition) is 4. The van der Waals surface area contributed by atoms with Crippen molar-refractivity contribution >= 4 is 5.82 Å². The van der Waals surface area contributed by atoms with Crippen molar-refractivity contribution in [3.05, 3.63) is 18.1 Å². The Kier molecular flexibility index (Phi) is 2.97. The van der Waals surface area contributed by atoms with E-state index >= 15 is 0 Å². The second-order valence-electron chi connectivity index (χ2n) is 5.36. The molecule has 0 bridgehead atoms. The summed E-state index contributed by atoms with van der Waals surface area (Å²) in [4.78, 5) is 11.3. The van der Waals surface area contributed by atoms with Crippen LogP contribution in [0.1, 0.15) is 31.9 Å². The Bertz CT molecular complexity index is 389. The number of aromatic nitrogens is 2. The molecule has 1 aliphatic carbocycles. The highest BCUT2D eigenvalue weighted by atomic mass is 15.2. The normalized spacial score (nSPS) is 24.3. The molecule has 1 aromatic heterocycles. The first-order valence-corrected chi connectivity index (χ1v) is 6.60. The van der Waals surface area contributed by atoms with Gasteiger partial charge in [-0.05, 0) is 25.2 Å². The second-order valence-corrected chi connectivity index (χ2v) is 5.36. The molecule has 3 rings (SSSR count).